The lowest BCUT2D eigenvalue weighted by Gasteiger charge is -2.28. The molecule has 4 aromatic carbocycles. The van der Waals surface area contributed by atoms with Gasteiger partial charge in [0.05, 0.1) is 94.3 Å². The molecule has 20 heteroatoms. The number of benzene rings is 4. The second-order valence-corrected chi connectivity index (χ2v) is 21.8. The minimum Gasteiger partial charge on any atom is -0.493 e. The van der Waals surface area contributed by atoms with Crippen LogP contribution in [-0.2, 0) is 47.6 Å². The number of ether oxygens (including phenoxy) is 12. The van der Waals surface area contributed by atoms with E-state index in [4.69, 9.17) is 66.9 Å². The Kier molecular flexibility index (Phi) is 29.2. The molecule has 0 spiro atoms. The maximum Gasteiger partial charge on any atom is 0.330 e. The monoisotopic (exact) mass is 1210 g/mol. The summed E-state index contributed by atoms with van der Waals surface area (Å²) in [4.78, 5) is 53.7. The lowest BCUT2D eigenvalue weighted by Crippen LogP contribution is -2.28. The predicted molar refractivity (Wildman–Crippen MR) is 328 cm³/mol. The maximum atomic E-state index is 13.3. The molecule has 464 valence electrons. The minimum absolute atomic E-state index is 0.158. The van der Waals surface area contributed by atoms with Crippen molar-refractivity contribution in [3.8, 4) is 34.5 Å². The average molecular weight is 1210 g/mol. The van der Waals surface area contributed by atoms with E-state index in [2.05, 4.69) is 26.1 Å². The van der Waals surface area contributed by atoms with Crippen LogP contribution in [0, 0.1) is 23.7 Å². The highest BCUT2D eigenvalue weighted by molar-refractivity contribution is 7.22. The fourth-order valence-electron chi connectivity index (χ4n) is 9.60. The summed E-state index contributed by atoms with van der Waals surface area (Å²) in [6.45, 7) is 14.4. The van der Waals surface area contributed by atoms with E-state index in [1.54, 1.807) is 59.9 Å². The second-order valence-electron chi connectivity index (χ2n) is 20.8. The molecule has 1 heterocycles. The van der Waals surface area contributed by atoms with Crippen LogP contribution in [0.5, 0.6) is 34.5 Å². The summed E-state index contributed by atoms with van der Waals surface area (Å²) in [6, 6.07) is 28.0. The van der Waals surface area contributed by atoms with E-state index in [0.717, 1.165) is 91.0 Å². The molecule has 0 N–H and O–H groups in total. The summed E-state index contributed by atoms with van der Waals surface area (Å²) in [5, 5.41) is 7.91. The molecule has 0 unspecified atom stereocenters. The van der Waals surface area contributed by atoms with Crippen molar-refractivity contribution in [1.29, 1.82) is 0 Å². The number of unbranched alkanes of at least 4 members (excludes halogenated alkanes) is 3. The zero-order chi connectivity index (χ0) is 60.4. The summed E-state index contributed by atoms with van der Waals surface area (Å²) in [7, 11) is 0. The third kappa shape index (κ3) is 23.8. The van der Waals surface area contributed by atoms with E-state index in [1.165, 1.54) is 0 Å². The van der Waals surface area contributed by atoms with Gasteiger partial charge in [0.25, 0.3) is 0 Å². The minimum atomic E-state index is -0.484. The van der Waals surface area contributed by atoms with Gasteiger partial charge in [-0.25, -0.2) is 19.6 Å². The number of hydrogen-bond acceptors (Lipinski definition) is 20. The number of hydrazone groups is 1. The van der Waals surface area contributed by atoms with Gasteiger partial charge >= 0.3 is 23.9 Å². The van der Waals surface area contributed by atoms with Crippen molar-refractivity contribution in [3.05, 3.63) is 122 Å². The van der Waals surface area contributed by atoms with Gasteiger partial charge in [-0.1, -0.05) is 62.8 Å². The summed E-state index contributed by atoms with van der Waals surface area (Å²) >= 11 is 1.63. The molecule has 0 radical (unpaired) electrons. The van der Waals surface area contributed by atoms with Gasteiger partial charge in [0.1, 0.15) is 60.9 Å². The third-order valence-electron chi connectivity index (χ3n) is 14.5. The van der Waals surface area contributed by atoms with E-state index in [1.807, 2.05) is 47.6 Å². The molecule has 2 saturated carbocycles. The molecule has 2 fully saturated rings. The summed E-state index contributed by atoms with van der Waals surface area (Å²) in [6.07, 6.45) is 14.5. The Labute approximate surface area is 508 Å². The molecule has 2 aliphatic rings. The molecule has 0 saturated heterocycles. The number of anilines is 1. The van der Waals surface area contributed by atoms with Crippen LogP contribution < -0.4 is 33.4 Å². The molecular formula is C66H83N3O16S. The molecule has 0 atom stereocenters. The second kappa shape index (κ2) is 37.9. The van der Waals surface area contributed by atoms with Gasteiger partial charge in [-0.05, 0) is 148 Å². The molecular weight excluding hydrogens is 1120 g/mol. The number of esters is 4. The van der Waals surface area contributed by atoms with Crippen LogP contribution in [0.3, 0.4) is 0 Å². The first-order chi connectivity index (χ1) is 42.2. The van der Waals surface area contributed by atoms with Gasteiger partial charge in [-0.15, -0.1) is 0 Å². The highest BCUT2D eigenvalue weighted by Gasteiger charge is 2.30. The number of carbonyl (C=O) groups is 4. The van der Waals surface area contributed by atoms with Crippen LogP contribution in [0.15, 0.2) is 121 Å². The fraction of sp³-hybridized carbons (Fsp3) is 0.485. The number of rotatable bonds is 40. The van der Waals surface area contributed by atoms with Crippen molar-refractivity contribution < 1.29 is 76.0 Å². The first-order valence-corrected chi connectivity index (χ1v) is 30.8. The largest absolute Gasteiger partial charge is 0.493 e. The molecule has 0 bridgehead atoms. The number of para-hydroxylation sites is 1. The summed E-state index contributed by atoms with van der Waals surface area (Å²) in [5.74, 6) is 2.25. The van der Waals surface area contributed by atoms with Crippen LogP contribution in [0.2, 0.25) is 0 Å². The van der Waals surface area contributed by atoms with Gasteiger partial charge < -0.3 is 56.8 Å². The van der Waals surface area contributed by atoms with Crippen molar-refractivity contribution in [3.63, 3.8) is 0 Å². The van der Waals surface area contributed by atoms with Crippen LogP contribution in [0.4, 0.5) is 5.13 Å². The normalized spacial score (nSPS) is 16.7. The third-order valence-corrected chi connectivity index (χ3v) is 15.5. The number of carbonyl (C=O) groups excluding carboxylic acids is 4. The zero-order valence-electron chi connectivity index (χ0n) is 49.5. The van der Waals surface area contributed by atoms with Crippen molar-refractivity contribution in [1.82, 2.24) is 4.98 Å². The molecule has 0 amide bonds. The van der Waals surface area contributed by atoms with Gasteiger partial charge in [0.15, 0.2) is 0 Å². The molecule has 19 nitrogen and oxygen atoms in total. The highest BCUT2D eigenvalue weighted by Crippen LogP contribution is 2.35. The van der Waals surface area contributed by atoms with Crippen LogP contribution in [0.25, 0.3) is 10.2 Å². The van der Waals surface area contributed by atoms with Crippen molar-refractivity contribution >= 4 is 56.8 Å². The standard InChI is InChI=1S/C66H83N3O16S/c1-4-7-8-11-32-69(66-68-59-12-9-10-13-61(59)86-66)67-46-53-45-58(82-47-49-14-18-51(19-15-49)64(72)84-56-26-22-54(23-27-56)78-41-37-74-33-35-76-39-43-80-62(70)5-2)30-31-60(53)83-48-50-16-20-52(21-17-50)65(73)85-57-28-24-55(25-29-57)79-42-38-75-34-36-77-40-44-81-63(71)6-3/h5-6,9-10,12-13,22-31,45-46,49-52H,2-4,7-8,11,14-21,32-44,47-48H2,1H3/b67-46+. The van der Waals surface area contributed by atoms with E-state index in [-0.39, 0.29) is 62.0 Å². The predicted octanol–water partition coefficient (Wildman–Crippen LogP) is 11.6. The summed E-state index contributed by atoms with van der Waals surface area (Å²) < 4.78 is 68.9. The van der Waals surface area contributed by atoms with Gasteiger partial charge in [0.2, 0.25) is 5.13 Å². The van der Waals surface area contributed by atoms with Crippen molar-refractivity contribution in [2.75, 3.05) is 104 Å². The number of fused-ring (bicyclic) bond motifs is 1. The Morgan fingerprint density at radius 1 is 0.547 bits per heavy atom. The number of thiazole rings is 1. The molecule has 5 aromatic rings. The van der Waals surface area contributed by atoms with E-state index in [9.17, 15) is 19.2 Å². The molecule has 2 aliphatic carbocycles. The van der Waals surface area contributed by atoms with E-state index >= 15 is 0 Å². The van der Waals surface area contributed by atoms with E-state index < -0.39 is 11.9 Å². The number of hydrogen-bond donors (Lipinski definition) is 0. The Hall–Kier alpha value is -7.36. The summed E-state index contributed by atoms with van der Waals surface area (Å²) in [5.41, 5.74) is 1.73. The zero-order valence-corrected chi connectivity index (χ0v) is 50.3. The van der Waals surface area contributed by atoms with Crippen molar-refractivity contribution in [2.24, 2.45) is 28.8 Å². The molecule has 0 aliphatic heterocycles. The van der Waals surface area contributed by atoms with Crippen LogP contribution in [-0.4, -0.2) is 134 Å². The smallest absolute Gasteiger partial charge is 0.330 e. The fourth-order valence-corrected chi connectivity index (χ4v) is 10.6. The highest BCUT2D eigenvalue weighted by atomic mass is 32.1. The Bertz CT molecular complexity index is 2830. The number of nitrogens with zero attached hydrogens (tertiary/aromatic N) is 3. The van der Waals surface area contributed by atoms with Gasteiger partial charge in [-0.3, -0.25) is 9.59 Å². The maximum absolute atomic E-state index is 13.3. The topological polar surface area (TPSA) is 208 Å². The molecule has 86 heavy (non-hydrogen) atoms. The SMILES string of the molecule is C=CC(=O)OCCOCCOCCOc1ccc(OC(=O)C2CCC(COc3ccc(OCC4CCC(C(=O)Oc5ccc(OCCOCCOCCOC(=O)C=C)cc5)CC4)c(/C=N/N(CCCCCC)c4nc5ccccc5s4)c3)CC2)cc1. The van der Waals surface area contributed by atoms with Crippen LogP contribution in [0.1, 0.15) is 89.5 Å². The first-order valence-electron chi connectivity index (χ1n) is 30.0. The van der Waals surface area contributed by atoms with Crippen LogP contribution >= 0.6 is 11.3 Å². The average Bonchev–Trinajstić information content (AvgIpc) is 3.47. The van der Waals surface area contributed by atoms with E-state index in [0.29, 0.717) is 126 Å². The Balaban J connectivity index is 0.856. The molecule has 1 aromatic heterocycles. The lowest BCUT2D eigenvalue weighted by atomic mass is 9.82. The molecule has 7 rings (SSSR count). The van der Waals surface area contributed by atoms with Gasteiger partial charge in [-0.2, -0.15) is 5.10 Å². The Morgan fingerprint density at radius 3 is 1.53 bits per heavy atom. The van der Waals surface area contributed by atoms with Crippen molar-refractivity contribution in [2.45, 2.75) is 84.0 Å². The Morgan fingerprint density at radius 2 is 1.02 bits per heavy atom. The number of aromatic nitrogens is 1. The quantitative estimate of drug-likeness (QED) is 0.00892. The lowest BCUT2D eigenvalue weighted by molar-refractivity contribution is -0.141. The first kappa shape index (κ1) is 66.2. The van der Waals surface area contributed by atoms with Gasteiger partial charge in [0, 0.05) is 24.3 Å².